The van der Waals surface area contributed by atoms with E-state index >= 15 is 0 Å². The van der Waals surface area contributed by atoms with Crippen molar-refractivity contribution in [1.29, 1.82) is 0 Å². The van der Waals surface area contributed by atoms with Gasteiger partial charge in [-0.2, -0.15) is 0 Å². The van der Waals surface area contributed by atoms with Crippen LogP contribution in [0.5, 0.6) is 11.5 Å². The average Bonchev–Trinajstić information content (AvgIpc) is 3.05. The number of ether oxygens (including phenoxy) is 2. The lowest BCUT2D eigenvalue weighted by atomic mass is 10.3. The van der Waals surface area contributed by atoms with Crippen molar-refractivity contribution >= 4 is 10.0 Å². The van der Waals surface area contributed by atoms with Gasteiger partial charge in [0.2, 0.25) is 10.0 Å². The SMILES string of the molecule is CN(CCc1ccco1)S(=O)(=O)c1ccc2c(c1)OCCO2. The van der Waals surface area contributed by atoms with Crippen LogP contribution in [0.25, 0.3) is 0 Å². The van der Waals surface area contributed by atoms with Gasteiger partial charge in [0.05, 0.1) is 11.2 Å². The van der Waals surface area contributed by atoms with E-state index in [0.29, 0.717) is 37.7 Å². The maximum absolute atomic E-state index is 12.6. The van der Waals surface area contributed by atoms with Crippen LogP contribution >= 0.6 is 0 Å². The highest BCUT2D eigenvalue weighted by Crippen LogP contribution is 2.32. The second-order valence-electron chi connectivity index (χ2n) is 4.96. The van der Waals surface area contributed by atoms with Gasteiger partial charge >= 0.3 is 0 Å². The minimum Gasteiger partial charge on any atom is -0.486 e. The monoisotopic (exact) mass is 323 g/mol. The predicted molar refractivity (Wildman–Crippen MR) is 79.7 cm³/mol. The molecule has 2 aromatic rings. The third-order valence-corrected chi connectivity index (χ3v) is 5.33. The summed E-state index contributed by atoms with van der Waals surface area (Å²) in [5.41, 5.74) is 0. The van der Waals surface area contributed by atoms with Crippen molar-refractivity contribution in [2.24, 2.45) is 0 Å². The second-order valence-corrected chi connectivity index (χ2v) is 7.01. The smallest absolute Gasteiger partial charge is 0.242 e. The van der Waals surface area contributed by atoms with Crippen LogP contribution in [0.4, 0.5) is 0 Å². The fraction of sp³-hybridized carbons (Fsp3) is 0.333. The van der Waals surface area contributed by atoms with E-state index in [0.717, 1.165) is 5.76 Å². The van der Waals surface area contributed by atoms with E-state index in [1.807, 2.05) is 6.07 Å². The molecule has 0 saturated heterocycles. The highest BCUT2D eigenvalue weighted by molar-refractivity contribution is 7.89. The Balaban J connectivity index is 1.76. The fourth-order valence-corrected chi connectivity index (χ4v) is 3.39. The molecule has 0 aliphatic carbocycles. The summed E-state index contributed by atoms with van der Waals surface area (Å²) in [5.74, 6) is 1.79. The van der Waals surface area contributed by atoms with Crippen LogP contribution in [-0.4, -0.2) is 39.5 Å². The fourth-order valence-electron chi connectivity index (χ4n) is 2.21. The van der Waals surface area contributed by atoms with E-state index in [1.54, 1.807) is 25.4 Å². The minimum atomic E-state index is -3.57. The van der Waals surface area contributed by atoms with Crippen molar-refractivity contribution in [2.45, 2.75) is 11.3 Å². The number of sulfonamides is 1. The van der Waals surface area contributed by atoms with Crippen LogP contribution in [-0.2, 0) is 16.4 Å². The van der Waals surface area contributed by atoms with Crippen LogP contribution in [0.2, 0.25) is 0 Å². The number of hydrogen-bond donors (Lipinski definition) is 0. The number of likely N-dealkylation sites (N-methyl/N-ethyl adjacent to an activating group) is 1. The summed E-state index contributed by atoms with van der Waals surface area (Å²) in [7, 11) is -2.02. The largest absolute Gasteiger partial charge is 0.486 e. The number of fused-ring (bicyclic) bond motifs is 1. The van der Waals surface area contributed by atoms with Crippen LogP contribution < -0.4 is 9.47 Å². The Kier molecular flexibility index (Phi) is 4.08. The molecule has 1 aromatic carbocycles. The molecule has 1 aromatic heterocycles. The molecule has 7 heteroatoms. The van der Waals surface area contributed by atoms with E-state index in [4.69, 9.17) is 13.9 Å². The summed E-state index contributed by atoms with van der Waals surface area (Å²) in [6, 6.07) is 8.27. The van der Waals surface area contributed by atoms with Gasteiger partial charge in [-0.15, -0.1) is 0 Å². The molecule has 0 unspecified atom stereocenters. The number of furan rings is 1. The number of nitrogens with zero attached hydrogens (tertiary/aromatic N) is 1. The molecule has 0 N–H and O–H groups in total. The standard InChI is InChI=1S/C15H17NO5S/c1-16(7-6-12-3-2-8-19-12)22(17,18)13-4-5-14-15(11-13)21-10-9-20-14/h2-5,8,11H,6-7,9-10H2,1H3. The lowest BCUT2D eigenvalue weighted by Crippen LogP contribution is -2.29. The summed E-state index contributed by atoms with van der Waals surface area (Å²) in [6.45, 7) is 1.23. The number of hydrogen-bond acceptors (Lipinski definition) is 5. The molecule has 0 fully saturated rings. The first kappa shape index (κ1) is 14.9. The molecule has 3 rings (SSSR count). The molecule has 0 saturated carbocycles. The van der Waals surface area contributed by atoms with Gasteiger partial charge in [-0.25, -0.2) is 12.7 Å². The van der Waals surface area contributed by atoms with E-state index in [2.05, 4.69) is 0 Å². The van der Waals surface area contributed by atoms with Crippen molar-refractivity contribution in [2.75, 3.05) is 26.8 Å². The summed E-state index contributed by atoms with van der Waals surface area (Å²) >= 11 is 0. The van der Waals surface area contributed by atoms with Crippen molar-refractivity contribution in [3.63, 3.8) is 0 Å². The first-order chi connectivity index (χ1) is 10.6. The van der Waals surface area contributed by atoms with E-state index in [1.165, 1.54) is 16.4 Å². The Morgan fingerprint density at radius 2 is 1.91 bits per heavy atom. The zero-order chi connectivity index (χ0) is 15.6. The molecule has 0 amide bonds. The zero-order valence-electron chi connectivity index (χ0n) is 12.2. The molecular formula is C15H17NO5S. The van der Waals surface area contributed by atoms with Crippen LogP contribution in [0.15, 0.2) is 45.9 Å². The zero-order valence-corrected chi connectivity index (χ0v) is 13.0. The summed E-state index contributed by atoms with van der Waals surface area (Å²) in [6.07, 6.45) is 2.10. The van der Waals surface area contributed by atoms with Crippen LogP contribution in [0, 0.1) is 0 Å². The van der Waals surface area contributed by atoms with Gasteiger partial charge in [-0.1, -0.05) is 0 Å². The van der Waals surface area contributed by atoms with Gasteiger partial charge in [-0.3, -0.25) is 0 Å². The molecule has 2 heterocycles. The predicted octanol–water partition coefficient (Wildman–Crippen LogP) is 1.91. The maximum atomic E-state index is 12.6. The van der Waals surface area contributed by atoms with Crippen LogP contribution in [0.3, 0.4) is 0 Å². The lowest BCUT2D eigenvalue weighted by Gasteiger charge is -2.21. The topological polar surface area (TPSA) is 69.0 Å². The Hall–Kier alpha value is -1.99. The van der Waals surface area contributed by atoms with Gasteiger partial charge in [0.25, 0.3) is 0 Å². The second kappa shape index (κ2) is 6.02. The van der Waals surface area contributed by atoms with Gasteiger partial charge in [0.15, 0.2) is 11.5 Å². The molecule has 1 aliphatic heterocycles. The van der Waals surface area contributed by atoms with E-state index < -0.39 is 10.0 Å². The summed E-state index contributed by atoms with van der Waals surface area (Å²) < 4.78 is 42.5. The van der Waals surface area contributed by atoms with Crippen molar-refractivity contribution in [1.82, 2.24) is 4.31 Å². The highest BCUT2D eigenvalue weighted by atomic mass is 32.2. The highest BCUT2D eigenvalue weighted by Gasteiger charge is 2.23. The Labute approximate surface area is 129 Å². The van der Waals surface area contributed by atoms with Gasteiger partial charge < -0.3 is 13.9 Å². The molecule has 0 bridgehead atoms. The van der Waals surface area contributed by atoms with Crippen molar-refractivity contribution < 1.29 is 22.3 Å². The van der Waals surface area contributed by atoms with Crippen molar-refractivity contribution in [3.8, 4) is 11.5 Å². The minimum absolute atomic E-state index is 0.193. The normalized spacial score (nSPS) is 14.3. The lowest BCUT2D eigenvalue weighted by molar-refractivity contribution is 0.171. The molecule has 0 spiro atoms. The first-order valence-corrected chi connectivity index (χ1v) is 8.40. The molecule has 22 heavy (non-hydrogen) atoms. The number of rotatable bonds is 5. The number of benzene rings is 1. The quantitative estimate of drug-likeness (QED) is 0.841. The van der Waals surface area contributed by atoms with E-state index in [-0.39, 0.29) is 4.90 Å². The maximum Gasteiger partial charge on any atom is 0.242 e. The molecule has 1 aliphatic rings. The van der Waals surface area contributed by atoms with Crippen LogP contribution in [0.1, 0.15) is 5.76 Å². The Morgan fingerprint density at radius 3 is 2.64 bits per heavy atom. The summed E-state index contributed by atoms with van der Waals surface area (Å²) in [5, 5.41) is 0. The summed E-state index contributed by atoms with van der Waals surface area (Å²) in [4.78, 5) is 0.193. The molecule has 0 radical (unpaired) electrons. The van der Waals surface area contributed by atoms with Crippen molar-refractivity contribution in [3.05, 3.63) is 42.4 Å². The molecule has 118 valence electrons. The Morgan fingerprint density at radius 1 is 1.14 bits per heavy atom. The van der Waals surface area contributed by atoms with E-state index in [9.17, 15) is 8.42 Å². The van der Waals surface area contributed by atoms with Gasteiger partial charge in [-0.05, 0) is 24.3 Å². The third kappa shape index (κ3) is 2.95. The third-order valence-electron chi connectivity index (χ3n) is 3.48. The Bertz CT molecular complexity index is 739. The van der Waals surface area contributed by atoms with Gasteiger partial charge in [0, 0.05) is 26.1 Å². The average molecular weight is 323 g/mol. The van der Waals surface area contributed by atoms with Gasteiger partial charge in [0.1, 0.15) is 19.0 Å². The molecule has 6 nitrogen and oxygen atoms in total. The molecular weight excluding hydrogens is 306 g/mol. The molecule has 0 atom stereocenters. The first-order valence-electron chi connectivity index (χ1n) is 6.96.